The van der Waals surface area contributed by atoms with Gasteiger partial charge in [-0.05, 0) is 30.3 Å². The van der Waals surface area contributed by atoms with Gasteiger partial charge in [0.25, 0.3) is 0 Å². The molecule has 37 heavy (non-hydrogen) atoms. The largest absolute Gasteiger partial charge is 0.289 e. The summed E-state index contributed by atoms with van der Waals surface area (Å²) in [5.74, 6) is 1.51. The van der Waals surface area contributed by atoms with E-state index >= 15 is 0 Å². The second kappa shape index (κ2) is 8.33. The molecule has 7 rings (SSSR count). The Morgan fingerprint density at radius 3 is 1.81 bits per heavy atom. The number of para-hydroxylation sites is 2. The van der Waals surface area contributed by atoms with Crippen LogP contribution in [0.2, 0.25) is 0 Å². The smallest absolute Gasteiger partial charge is 0.186 e. The molecule has 0 saturated carbocycles. The number of nitriles is 1. The Bertz CT molecular complexity index is 1930. The van der Waals surface area contributed by atoms with Gasteiger partial charge in [-0.25, -0.2) is 24.9 Å². The van der Waals surface area contributed by atoms with Gasteiger partial charge >= 0.3 is 0 Å². The zero-order valence-electron chi connectivity index (χ0n) is 19.4. The number of benzene rings is 4. The molecule has 7 nitrogen and oxygen atoms in total. The molecule has 0 aliphatic rings. The van der Waals surface area contributed by atoms with E-state index < -0.39 is 0 Å². The molecule has 4 aromatic carbocycles. The van der Waals surface area contributed by atoms with Crippen molar-refractivity contribution in [2.24, 2.45) is 0 Å². The fraction of sp³-hybridized carbons (Fsp3) is 0. The number of fused-ring (bicyclic) bond motifs is 5. The van der Waals surface area contributed by atoms with Crippen LogP contribution in [0.15, 0.2) is 103 Å². The number of hydrogen-bond acceptors (Lipinski definition) is 6. The summed E-state index contributed by atoms with van der Waals surface area (Å²) in [4.78, 5) is 24.4. The highest BCUT2D eigenvalue weighted by Crippen LogP contribution is 2.31. The first-order valence-electron chi connectivity index (χ1n) is 11.8. The average molecular weight is 476 g/mol. The molecule has 0 spiro atoms. The van der Waals surface area contributed by atoms with Gasteiger partial charge < -0.3 is 0 Å². The van der Waals surface area contributed by atoms with Gasteiger partial charge in [0.2, 0.25) is 0 Å². The summed E-state index contributed by atoms with van der Waals surface area (Å²) in [6.07, 6.45) is 0. The van der Waals surface area contributed by atoms with Crippen LogP contribution in [0, 0.1) is 11.3 Å². The molecule has 7 heteroatoms. The van der Waals surface area contributed by atoms with Gasteiger partial charge in [-0.15, -0.1) is 0 Å². The standard InChI is InChI=1S/C30H17N7/c31-18-19-15-16-25-23(17-19)32-26(30-33-22-13-7-8-14-24(22)37(25)30)29-35-27(20-9-3-1-4-10-20)34-28(36-29)21-11-5-2-6-12-21/h1-17H. The number of nitrogens with zero attached hydrogens (tertiary/aromatic N) is 7. The van der Waals surface area contributed by atoms with Gasteiger partial charge in [0, 0.05) is 11.1 Å². The van der Waals surface area contributed by atoms with E-state index in [0.29, 0.717) is 39.9 Å². The topological polar surface area (TPSA) is 92.6 Å². The van der Waals surface area contributed by atoms with E-state index in [1.807, 2.05) is 91.0 Å². The zero-order valence-corrected chi connectivity index (χ0v) is 19.4. The molecule has 0 amide bonds. The van der Waals surface area contributed by atoms with Gasteiger partial charge in [0.1, 0.15) is 0 Å². The summed E-state index contributed by atoms with van der Waals surface area (Å²) in [6, 6.07) is 35.3. The summed E-state index contributed by atoms with van der Waals surface area (Å²) in [6.45, 7) is 0. The second-order valence-electron chi connectivity index (χ2n) is 8.57. The zero-order chi connectivity index (χ0) is 24.8. The fourth-order valence-electron chi connectivity index (χ4n) is 4.54. The maximum absolute atomic E-state index is 9.52. The Hall–Kier alpha value is -5.48. The van der Waals surface area contributed by atoms with Crippen molar-refractivity contribution in [3.8, 4) is 40.4 Å². The van der Waals surface area contributed by atoms with E-state index in [1.54, 1.807) is 12.1 Å². The molecule has 0 saturated heterocycles. The lowest BCUT2D eigenvalue weighted by atomic mass is 10.1. The molecule has 0 unspecified atom stereocenters. The molecule has 0 bridgehead atoms. The maximum atomic E-state index is 9.52. The lowest BCUT2D eigenvalue weighted by Gasteiger charge is -2.10. The summed E-state index contributed by atoms with van der Waals surface area (Å²) in [5.41, 5.74) is 6.73. The van der Waals surface area contributed by atoms with Gasteiger partial charge in [-0.3, -0.25) is 4.40 Å². The van der Waals surface area contributed by atoms with Crippen LogP contribution >= 0.6 is 0 Å². The first-order valence-corrected chi connectivity index (χ1v) is 11.8. The van der Waals surface area contributed by atoms with Gasteiger partial charge in [-0.2, -0.15) is 5.26 Å². The Morgan fingerprint density at radius 1 is 0.541 bits per heavy atom. The van der Waals surface area contributed by atoms with Crippen molar-refractivity contribution >= 4 is 27.7 Å². The Balaban J connectivity index is 1.59. The third-order valence-corrected chi connectivity index (χ3v) is 6.26. The number of hydrogen-bond donors (Lipinski definition) is 0. The van der Waals surface area contributed by atoms with E-state index in [4.69, 9.17) is 24.9 Å². The fourth-order valence-corrected chi connectivity index (χ4v) is 4.54. The predicted molar refractivity (Wildman–Crippen MR) is 142 cm³/mol. The molecular formula is C30H17N7. The Morgan fingerprint density at radius 2 is 1.14 bits per heavy atom. The Labute approximate surface area is 211 Å². The van der Waals surface area contributed by atoms with Crippen LogP contribution in [0.3, 0.4) is 0 Å². The molecule has 0 aliphatic heterocycles. The number of aromatic nitrogens is 6. The van der Waals surface area contributed by atoms with Crippen molar-refractivity contribution < 1.29 is 0 Å². The van der Waals surface area contributed by atoms with E-state index in [9.17, 15) is 5.26 Å². The van der Waals surface area contributed by atoms with Crippen LogP contribution < -0.4 is 0 Å². The van der Waals surface area contributed by atoms with Crippen molar-refractivity contribution in [3.05, 3.63) is 109 Å². The second-order valence-corrected chi connectivity index (χ2v) is 8.57. The van der Waals surface area contributed by atoms with E-state index in [2.05, 4.69) is 10.5 Å². The highest BCUT2D eigenvalue weighted by molar-refractivity contribution is 5.93. The van der Waals surface area contributed by atoms with Crippen LogP contribution in [0.25, 0.3) is 62.0 Å². The lowest BCUT2D eigenvalue weighted by Crippen LogP contribution is -2.04. The third kappa shape index (κ3) is 3.48. The lowest BCUT2D eigenvalue weighted by molar-refractivity contribution is 1.06. The molecule has 3 aromatic heterocycles. The van der Waals surface area contributed by atoms with Crippen molar-refractivity contribution in [1.29, 1.82) is 5.26 Å². The van der Waals surface area contributed by atoms with Crippen molar-refractivity contribution in [1.82, 2.24) is 29.3 Å². The monoisotopic (exact) mass is 475 g/mol. The molecule has 172 valence electrons. The Kier molecular flexibility index (Phi) is 4.69. The SMILES string of the molecule is N#Cc1ccc2c(c1)nc(-c1nc(-c3ccccc3)nc(-c3ccccc3)n1)c1nc3ccccc3n12. The van der Waals surface area contributed by atoms with Crippen molar-refractivity contribution in [3.63, 3.8) is 0 Å². The highest BCUT2D eigenvalue weighted by Gasteiger charge is 2.20. The molecule has 0 fully saturated rings. The normalized spacial score (nSPS) is 11.2. The molecule has 7 aromatic rings. The molecule has 0 N–H and O–H groups in total. The van der Waals surface area contributed by atoms with Crippen LogP contribution in [0.1, 0.15) is 5.56 Å². The van der Waals surface area contributed by atoms with Crippen LogP contribution in [0.5, 0.6) is 0 Å². The first-order chi connectivity index (χ1) is 18.3. The molecule has 3 heterocycles. The van der Waals surface area contributed by atoms with Crippen LogP contribution in [-0.4, -0.2) is 29.3 Å². The third-order valence-electron chi connectivity index (χ3n) is 6.26. The minimum absolute atomic E-state index is 0.414. The molecule has 0 aliphatic carbocycles. The van der Waals surface area contributed by atoms with Crippen LogP contribution in [-0.2, 0) is 0 Å². The molecular weight excluding hydrogens is 458 g/mol. The van der Waals surface area contributed by atoms with Crippen LogP contribution in [0.4, 0.5) is 0 Å². The predicted octanol–water partition coefficient (Wildman–Crippen LogP) is 6.09. The minimum atomic E-state index is 0.414. The van der Waals surface area contributed by atoms with E-state index in [0.717, 1.165) is 27.7 Å². The molecule has 0 atom stereocenters. The van der Waals surface area contributed by atoms with Gasteiger partial charge in [0.05, 0.1) is 33.7 Å². The summed E-state index contributed by atoms with van der Waals surface area (Å²) in [7, 11) is 0. The summed E-state index contributed by atoms with van der Waals surface area (Å²) < 4.78 is 2.06. The quantitative estimate of drug-likeness (QED) is 0.307. The average Bonchev–Trinajstić information content (AvgIpc) is 3.37. The minimum Gasteiger partial charge on any atom is -0.289 e. The van der Waals surface area contributed by atoms with Gasteiger partial charge in [-0.1, -0.05) is 72.8 Å². The number of rotatable bonds is 3. The molecule has 0 radical (unpaired) electrons. The van der Waals surface area contributed by atoms with Crippen molar-refractivity contribution in [2.45, 2.75) is 0 Å². The highest BCUT2D eigenvalue weighted by atomic mass is 15.1. The van der Waals surface area contributed by atoms with E-state index in [1.165, 1.54) is 0 Å². The first kappa shape index (κ1) is 20.9. The summed E-state index contributed by atoms with van der Waals surface area (Å²) in [5, 5.41) is 9.52. The maximum Gasteiger partial charge on any atom is 0.186 e. The van der Waals surface area contributed by atoms with Crippen molar-refractivity contribution in [2.75, 3.05) is 0 Å². The number of imidazole rings is 1. The van der Waals surface area contributed by atoms with Gasteiger partial charge in [0.15, 0.2) is 28.8 Å². The summed E-state index contributed by atoms with van der Waals surface area (Å²) >= 11 is 0. The van der Waals surface area contributed by atoms with E-state index in [-0.39, 0.29) is 0 Å².